The van der Waals surface area contributed by atoms with Crippen LogP contribution in [0.3, 0.4) is 0 Å². The van der Waals surface area contributed by atoms with E-state index in [4.69, 9.17) is 4.74 Å². The smallest absolute Gasteiger partial charge is 0.298 e. The number of nitrogens with zero attached hydrogens (tertiary/aromatic N) is 1. The minimum atomic E-state index is -2.76. The molecule has 0 unspecified atom stereocenters. The minimum absolute atomic E-state index is 0.207. The van der Waals surface area contributed by atoms with Gasteiger partial charge in [0.15, 0.2) is 6.61 Å². The Morgan fingerprint density at radius 1 is 1.47 bits per heavy atom. The van der Waals surface area contributed by atoms with Crippen LogP contribution in [0.2, 0.25) is 0 Å². The van der Waals surface area contributed by atoms with Gasteiger partial charge in [-0.25, -0.2) is 8.78 Å². The molecule has 0 aromatic heterocycles. The third-order valence-electron chi connectivity index (χ3n) is 2.49. The van der Waals surface area contributed by atoms with E-state index in [2.05, 4.69) is 0 Å². The normalized spacial score (nSPS) is 21.7. The molecule has 0 saturated heterocycles. The van der Waals surface area contributed by atoms with Crippen molar-refractivity contribution < 1.29 is 13.5 Å². The van der Waals surface area contributed by atoms with E-state index in [0.29, 0.717) is 12.2 Å². The second kappa shape index (κ2) is 4.37. The van der Waals surface area contributed by atoms with Gasteiger partial charge in [-0.05, 0) is 5.92 Å². The van der Waals surface area contributed by atoms with Crippen LogP contribution in [0.15, 0.2) is 11.5 Å². The monoisotopic (exact) mass is 219 g/mol. The van der Waals surface area contributed by atoms with Crippen LogP contribution in [0.25, 0.3) is 0 Å². The number of allylic oxidation sites excluding steroid dienone is 2. The molecule has 0 radical (unpaired) electrons. The van der Waals surface area contributed by atoms with E-state index in [0.717, 1.165) is 5.70 Å². The Kier molecular flexibility index (Phi) is 3.58. The van der Waals surface area contributed by atoms with Gasteiger partial charge >= 0.3 is 0 Å². The number of hydrogen-bond acceptors (Lipinski definition) is 2. The van der Waals surface area contributed by atoms with Crippen molar-refractivity contribution in [2.24, 2.45) is 5.92 Å². The van der Waals surface area contributed by atoms with E-state index in [-0.39, 0.29) is 12.5 Å². The molecule has 1 rings (SSSR count). The Labute approximate surface area is 89.9 Å². The highest BCUT2D eigenvalue weighted by Crippen LogP contribution is 2.29. The molecule has 1 aliphatic heterocycles. The molecule has 0 atom stereocenters. The lowest BCUT2D eigenvalue weighted by molar-refractivity contribution is -0.0633. The summed E-state index contributed by atoms with van der Waals surface area (Å²) in [5, 5.41) is 0. The second-order valence-electron chi connectivity index (χ2n) is 4.32. The molecule has 0 saturated carbocycles. The van der Waals surface area contributed by atoms with Gasteiger partial charge in [0.2, 0.25) is 0 Å². The SMILES string of the molecule is CCC1=C(C(C)C)N(C)CC(F)(F)CO1. The van der Waals surface area contributed by atoms with Crippen molar-refractivity contribution in [3.05, 3.63) is 11.5 Å². The van der Waals surface area contributed by atoms with Crippen LogP contribution in [0.1, 0.15) is 27.2 Å². The fraction of sp³-hybridized carbons (Fsp3) is 0.818. The maximum Gasteiger partial charge on any atom is 0.298 e. The van der Waals surface area contributed by atoms with E-state index in [9.17, 15) is 8.78 Å². The van der Waals surface area contributed by atoms with Gasteiger partial charge in [0.05, 0.1) is 12.2 Å². The molecule has 0 bridgehead atoms. The maximum absolute atomic E-state index is 13.3. The molecule has 0 amide bonds. The quantitative estimate of drug-likeness (QED) is 0.708. The topological polar surface area (TPSA) is 12.5 Å². The lowest BCUT2D eigenvalue weighted by Gasteiger charge is -2.26. The molecule has 1 heterocycles. The van der Waals surface area contributed by atoms with E-state index >= 15 is 0 Å². The highest BCUT2D eigenvalue weighted by molar-refractivity contribution is 5.12. The Balaban J connectivity index is 2.98. The van der Waals surface area contributed by atoms with Crippen molar-refractivity contribution in [3.8, 4) is 0 Å². The van der Waals surface area contributed by atoms with Crippen LogP contribution in [-0.2, 0) is 4.74 Å². The summed E-state index contributed by atoms with van der Waals surface area (Å²) in [5.74, 6) is -1.85. The third-order valence-corrected chi connectivity index (χ3v) is 2.49. The third kappa shape index (κ3) is 2.83. The zero-order valence-electron chi connectivity index (χ0n) is 9.81. The summed E-state index contributed by atoms with van der Waals surface area (Å²) in [4.78, 5) is 1.62. The first-order valence-electron chi connectivity index (χ1n) is 5.32. The molecule has 0 aromatic carbocycles. The molecule has 0 aliphatic carbocycles. The molecular weight excluding hydrogens is 200 g/mol. The van der Waals surface area contributed by atoms with E-state index in [1.807, 2.05) is 20.8 Å². The lowest BCUT2D eigenvalue weighted by atomic mass is 10.1. The first kappa shape index (κ1) is 12.3. The zero-order valence-corrected chi connectivity index (χ0v) is 9.81. The van der Waals surface area contributed by atoms with Gasteiger partial charge < -0.3 is 9.64 Å². The van der Waals surface area contributed by atoms with Crippen molar-refractivity contribution >= 4 is 0 Å². The molecular formula is C11H19F2NO. The van der Waals surface area contributed by atoms with Crippen LogP contribution in [0.4, 0.5) is 8.78 Å². The molecule has 0 N–H and O–H groups in total. The molecule has 0 fully saturated rings. The van der Waals surface area contributed by atoms with E-state index in [1.165, 1.54) is 0 Å². The molecule has 1 aliphatic rings. The molecule has 2 nitrogen and oxygen atoms in total. The second-order valence-corrected chi connectivity index (χ2v) is 4.32. The van der Waals surface area contributed by atoms with Gasteiger partial charge in [-0.1, -0.05) is 20.8 Å². The first-order valence-corrected chi connectivity index (χ1v) is 5.32. The van der Waals surface area contributed by atoms with Crippen LogP contribution >= 0.6 is 0 Å². The highest BCUT2D eigenvalue weighted by Gasteiger charge is 2.36. The van der Waals surface area contributed by atoms with Crippen molar-refractivity contribution in [3.63, 3.8) is 0 Å². The number of hydrogen-bond donors (Lipinski definition) is 0. The summed E-state index contributed by atoms with van der Waals surface area (Å²) in [6.07, 6.45) is 0.661. The van der Waals surface area contributed by atoms with Crippen molar-refractivity contribution in [1.82, 2.24) is 4.90 Å². The maximum atomic E-state index is 13.3. The number of alkyl halides is 2. The average Bonchev–Trinajstić information content (AvgIpc) is 2.20. The van der Waals surface area contributed by atoms with Crippen molar-refractivity contribution in [2.45, 2.75) is 33.1 Å². The predicted octanol–water partition coefficient (Wildman–Crippen LogP) is 2.86. The van der Waals surface area contributed by atoms with Gasteiger partial charge in [0, 0.05) is 13.5 Å². The van der Waals surface area contributed by atoms with Gasteiger partial charge in [-0.3, -0.25) is 0 Å². The molecule has 88 valence electrons. The van der Waals surface area contributed by atoms with Crippen LogP contribution < -0.4 is 0 Å². The Hall–Kier alpha value is -0.800. The van der Waals surface area contributed by atoms with Gasteiger partial charge in [-0.15, -0.1) is 0 Å². The van der Waals surface area contributed by atoms with Gasteiger partial charge in [-0.2, -0.15) is 0 Å². The van der Waals surface area contributed by atoms with E-state index < -0.39 is 12.5 Å². The Bertz CT molecular complexity index is 261. The number of halogens is 2. The summed E-state index contributed by atoms with van der Waals surface area (Å²) < 4.78 is 31.7. The molecule has 0 spiro atoms. The highest BCUT2D eigenvalue weighted by atomic mass is 19.3. The Morgan fingerprint density at radius 2 is 2.07 bits per heavy atom. The predicted molar refractivity (Wildman–Crippen MR) is 55.7 cm³/mol. The summed E-state index contributed by atoms with van der Waals surface area (Å²) in [6, 6.07) is 0. The largest absolute Gasteiger partial charge is 0.490 e. The van der Waals surface area contributed by atoms with E-state index in [1.54, 1.807) is 11.9 Å². The lowest BCUT2D eigenvalue weighted by Crippen LogP contribution is -2.35. The number of ether oxygens (including phenoxy) is 1. The minimum Gasteiger partial charge on any atom is -0.490 e. The summed E-state index contributed by atoms with van der Waals surface area (Å²) >= 11 is 0. The fourth-order valence-electron chi connectivity index (χ4n) is 2.00. The summed E-state index contributed by atoms with van der Waals surface area (Å²) in [5.41, 5.74) is 0.898. The molecule has 15 heavy (non-hydrogen) atoms. The number of rotatable bonds is 2. The summed E-state index contributed by atoms with van der Waals surface area (Å²) in [7, 11) is 1.70. The zero-order chi connectivity index (χ0) is 11.6. The average molecular weight is 219 g/mol. The molecule has 0 aromatic rings. The first-order chi connectivity index (χ1) is 6.87. The van der Waals surface area contributed by atoms with Gasteiger partial charge in [0.25, 0.3) is 5.92 Å². The van der Waals surface area contributed by atoms with Crippen LogP contribution in [0, 0.1) is 5.92 Å². The molecule has 4 heteroatoms. The van der Waals surface area contributed by atoms with Crippen molar-refractivity contribution in [2.75, 3.05) is 20.2 Å². The summed E-state index contributed by atoms with van der Waals surface area (Å²) in [6.45, 7) is 5.15. The van der Waals surface area contributed by atoms with Crippen molar-refractivity contribution in [1.29, 1.82) is 0 Å². The van der Waals surface area contributed by atoms with Gasteiger partial charge in [0.1, 0.15) is 5.76 Å². The van der Waals surface area contributed by atoms with Crippen LogP contribution in [0.5, 0.6) is 0 Å². The fourth-order valence-corrected chi connectivity index (χ4v) is 2.00. The van der Waals surface area contributed by atoms with Crippen LogP contribution in [-0.4, -0.2) is 31.0 Å². The standard InChI is InChI=1S/C11H19F2NO/c1-5-9-10(8(2)3)14(4)6-11(12,13)7-15-9/h8H,5-7H2,1-4H3. The Morgan fingerprint density at radius 3 is 2.53 bits per heavy atom.